The van der Waals surface area contributed by atoms with Gasteiger partial charge in [-0.25, -0.2) is 0 Å². The summed E-state index contributed by atoms with van der Waals surface area (Å²) in [5, 5.41) is 0.150. The second-order valence-electron chi connectivity index (χ2n) is 7.59. The Hall–Kier alpha value is -0.173. The average molecular weight is 335 g/mol. The van der Waals surface area contributed by atoms with Gasteiger partial charge in [0, 0.05) is 12.5 Å². The lowest BCUT2D eigenvalue weighted by atomic mass is 10.0. The van der Waals surface area contributed by atoms with Gasteiger partial charge in [-0.15, -0.1) is 6.58 Å². The number of allylic oxidation sites excluding steroid dienone is 1. The predicted octanol–water partition coefficient (Wildman–Crippen LogP) is 3.71. The van der Waals surface area contributed by atoms with Crippen LogP contribution < -0.4 is 0 Å². The van der Waals surface area contributed by atoms with Crippen LogP contribution in [0.25, 0.3) is 0 Å². The number of hydrogen-bond acceptors (Lipinski definition) is 4. The van der Waals surface area contributed by atoms with Crippen LogP contribution in [0.3, 0.4) is 0 Å². The predicted molar refractivity (Wildman–Crippen MR) is 89.3 cm³/mol. The van der Waals surface area contributed by atoms with Gasteiger partial charge in [0.05, 0.1) is 12.4 Å². The maximum absolute atomic E-state index is 11.4. The van der Waals surface area contributed by atoms with Crippen molar-refractivity contribution in [3.05, 3.63) is 12.7 Å². The summed E-state index contributed by atoms with van der Waals surface area (Å²) in [6.45, 7) is 14.8. The van der Waals surface area contributed by atoms with Crippen molar-refractivity contribution >= 4 is 18.4 Å². The third-order valence-corrected chi connectivity index (χ3v) is 9.75. The second kappa shape index (κ2) is 6.52. The number of hydrogen-bond donors (Lipinski definition) is 0. The van der Waals surface area contributed by atoms with E-state index in [1.165, 1.54) is 0 Å². The molecular formula is C15H30O4SSi. The molecule has 1 fully saturated rings. The summed E-state index contributed by atoms with van der Waals surface area (Å²) in [5.41, 5.74) is 0. The van der Waals surface area contributed by atoms with E-state index in [2.05, 4.69) is 40.4 Å². The van der Waals surface area contributed by atoms with Gasteiger partial charge < -0.3 is 4.43 Å². The summed E-state index contributed by atoms with van der Waals surface area (Å²) in [7, 11) is -5.27. The molecule has 0 amide bonds. The molecule has 0 bridgehead atoms. The van der Waals surface area contributed by atoms with Gasteiger partial charge in [0.1, 0.15) is 0 Å². The summed E-state index contributed by atoms with van der Waals surface area (Å²) < 4.78 is 34.5. The van der Waals surface area contributed by atoms with E-state index in [4.69, 9.17) is 8.61 Å². The quantitative estimate of drug-likeness (QED) is 0.422. The first-order valence-corrected chi connectivity index (χ1v) is 12.2. The van der Waals surface area contributed by atoms with Crippen LogP contribution in [0.1, 0.15) is 40.0 Å². The molecule has 1 saturated carbocycles. The SMILES string of the molecule is C=CC[C@H]1C[C@H](O[Si](C)(C)C(C)(C)C)C[C@H]1OS(C)(=O)=O. The molecule has 4 nitrogen and oxygen atoms in total. The summed E-state index contributed by atoms with van der Waals surface area (Å²) in [4.78, 5) is 0. The van der Waals surface area contributed by atoms with E-state index in [1.807, 2.05) is 6.08 Å². The molecule has 0 aromatic rings. The molecule has 0 saturated heterocycles. The van der Waals surface area contributed by atoms with Crippen LogP contribution >= 0.6 is 0 Å². The Morgan fingerprint density at radius 3 is 2.29 bits per heavy atom. The molecule has 21 heavy (non-hydrogen) atoms. The standard InChI is InChI=1S/C15H30O4SSi/c1-8-9-12-10-13(11-14(12)18-20(5,16)17)19-21(6,7)15(2,3)4/h8,12-14H,1,9-11H2,2-7H3/t12-,13-,14+/m0/s1. The smallest absolute Gasteiger partial charge is 0.264 e. The maximum atomic E-state index is 11.4. The van der Waals surface area contributed by atoms with E-state index in [0.29, 0.717) is 6.42 Å². The Kier molecular flexibility index (Phi) is 5.86. The largest absolute Gasteiger partial charge is 0.414 e. The van der Waals surface area contributed by atoms with E-state index in [9.17, 15) is 8.42 Å². The van der Waals surface area contributed by atoms with Crippen LogP contribution in [0.15, 0.2) is 12.7 Å². The van der Waals surface area contributed by atoms with Crippen molar-refractivity contribution in [1.82, 2.24) is 0 Å². The average Bonchev–Trinajstić information content (AvgIpc) is 2.55. The van der Waals surface area contributed by atoms with Crippen LogP contribution in [0.5, 0.6) is 0 Å². The monoisotopic (exact) mass is 334 g/mol. The van der Waals surface area contributed by atoms with Gasteiger partial charge >= 0.3 is 0 Å². The van der Waals surface area contributed by atoms with Crippen LogP contribution in [0.2, 0.25) is 18.1 Å². The highest BCUT2D eigenvalue weighted by Crippen LogP contribution is 2.41. The molecule has 1 aliphatic carbocycles. The zero-order valence-corrected chi connectivity index (χ0v) is 16.0. The molecule has 1 aliphatic rings. The minimum atomic E-state index is -3.43. The van der Waals surface area contributed by atoms with E-state index in [1.54, 1.807) is 0 Å². The molecule has 0 radical (unpaired) electrons. The molecular weight excluding hydrogens is 304 g/mol. The topological polar surface area (TPSA) is 52.6 Å². The van der Waals surface area contributed by atoms with Crippen molar-refractivity contribution in [2.75, 3.05) is 6.26 Å². The van der Waals surface area contributed by atoms with Crippen molar-refractivity contribution in [2.45, 2.75) is 70.4 Å². The molecule has 3 atom stereocenters. The van der Waals surface area contributed by atoms with Crippen LogP contribution in [0.4, 0.5) is 0 Å². The Morgan fingerprint density at radius 1 is 1.29 bits per heavy atom. The zero-order valence-electron chi connectivity index (χ0n) is 14.2. The molecule has 0 aliphatic heterocycles. The summed E-state index contributed by atoms with van der Waals surface area (Å²) in [5.74, 6) is 0.173. The molecule has 1 rings (SSSR count). The normalized spacial score (nSPS) is 27.8. The molecule has 0 N–H and O–H groups in total. The van der Waals surface area contributed by atoms with Gasteiger partial charge in [-0.3, -0.25) is 4.18 Å². The molecule has 0 heterocycles. The first kappa shape index (κ1) is 18.9. The lowest BCUT2D eigenvalue weighted by molar-refractivity contribution is 0.150. The van der Waals surface area contributed by atoms with Crippen LogP contribution in [-0.4, -0.2) is 35.2 Å². The molecule has 0 aromatic heterocycles. The van der Waals surface area contributed by atoms with Crippen molar-refractivity contribution in [2.24, 2.45) is 5.92 Å². The third kappa shape index (κ3) is 5.51. The summed E-state index contributed by atoms with van der Waals surface area (Å²) in [6.07, 6.45) is 5.00. The Bertz CT molecular complexity index is 465. The van der Waals surface area contributed by atoms with E-state index < -0.39 is 18.4 Å². The van der Waals surface area contributed by atoms with Gasteiger partial charge in [-0.2, -0.15) is 8.42 Å². The Labute approximate surface area is 131 Å². The highest BCUT2D eigenvalue weighted by atomic mass is 32.2. The van der Waals surface area contributed by atoms with E-state index in [-0.39, 0.29) is 23.2 Å². The van der Waals surface area contributed by atoms with Crippen molar-refractivity contribution in [1.29, 1.82) is 0 Å². The fraction of sp³-hybridized carbons (Fsp3) is 0.867. The van der Waals surface area contributed by atoms with E-state index in [0.717, 1.165) is 19.1 Å². The van der Waals surface area contributed by atoms with Gasteiger partial charge in [0.2, 0.25) is 0 Å². The minimum absolute atomic E-state index is 0.0857. The Balaban J connectivity index is 2.78. The lowest BCUT2D eigenvalue weighted by Gasteiger charge is -2.38. The third-order valence-electron chi connectivity index (χ3n) is 4.62. The van der Waals surface area contributed by atoms with Crippen molar-refractivity contribution < 1.29 is 17.0 Å². The Morgan fingerprint density at radius 2 is 1.86 bits per heavy atom. The highest BCUT2D eigenvalue weighted by Gasteiger charge is 2.43. The molecule has 0 spiro atoms. The van der Waals surface area contributed by atoms with Gasteiger partial charge in [-0.1, -0.05) is 26.8 Å². The molecule has 124 valence electrons. The van der Waals surface area contributed by atoms with Crippen LogP contribution in [-0.2, 0) is 18.7 Å². The van der Waals surface area contributed by atoms with Gasteiger partial charge in [0.25, 0.3) is 10.1 Å². The summed E-state index contributed by atoms with van der Waals surface area (Å²) in [6, 6.07) is 0. The zero-order chi connectivity index (χ0) is 16.5. The molecule has 6 heteroatoms. The van der Waals surface area contributed by atoms with Crippen molar-refractivity contribution in [3.63, 3.8) is 0 Å². The molecule has 0 unspecified atom stereocenters. The van der Waals surface area contributed by atoms with E-state index >= 15 is 0 Å². The van der Waals surface area contributed by atoms with Crippen molar-refractivity contribution in [3.8, 4) is 0 Å². The fourth-order valence-electron chi connectivity index (χ4n) is 2.53. The minimum Gasteiger partial charge on any atom is -0.414 e. The maximum Gasteiger partial charge on any atom is 0.264 e. The molecule has 0 aromatic carbocycles. The highest BCUT2D eigenvalue weighted by molar-refractivity contribution is 7.86. The van der Waals surface area contributed by atoms with Gasteiger partial charge in [-0.05, 0) is 36.9 Å². The lowest BCUT2D eigenvalue weighted by Crippen LogP contribution is -2.43. The fourth-order valence-corrected chi connectivity index (χ4v) is 4.60. The summed E-state index contributed by atoms with van der Waals surface area (Å²) >= 11 is 0. The first-order chi connectivity index (χ1) is 9.36. The number of rotatable bonds is 6. The first-order valence-electron chi connectivity index (χ1n) is 7.52. The van der Waals surface area contributed by atoms with Crippen LogP contribution in [0, 0.1) is 5.92 Å². The van der Waals surface area contributed by atoms with Gasteiger partial charge in [0.15, 0.2) is 8.32 Å². The second-order valence-corrected chi connectivity index (χ2v) is 14.0.